The lowest BCUT2D eigenvalue weighted by molar-refractivity contribution is -0.122. The first-order valence-corrected chi connectivity index (χ1v) is 6.90. The van der Waals surface area contributed by atoms with Crippen LogP contribution in [0.5, 0.6) is 0 Å². The van der Waals surface area contributed by atoms with Crippen LogP contribution in [0.1, 0.15) is 37.6 Å². The fourth-order valence-corrected chi connectivity index (χ4v) is 1.98. The molecule has 1 atom stereocenters. The number of rotatable bonds is 6. The summed E-state index contributed by atoms with van der Waals surface area (Å²) in [7, 11) is 0. The molecule has 108 valence electrons. The van der Waals surface area contributed by atoms with Crippen molar-refractivity contribution in [2.24, 2.45) is 0 Å². The van der Waals surface area contributed by atoms with Crippen LogP contribution in [0.2, 0.25) is 0 Å². The van der Waals surface area contributed by atoms with Gasteiger partial charge >= 0.3 is 0 Å². The van der Waals surface area contributed by atoms with E-state index in [1.54, 1.807) is 10.9 Å². The maximum atomic E-state index is 11.9. The van der Waals surface area contributed by atoms with Crippen LogP contribution in [0.15, 0.2) is 24.7 Å². The molecule has 2 heterocycles. The molecular formula is C14H21N5O. The van der Waals surface area contributed by atoms with Crippen LogP contribution in [0.4, 0.5) is 0 Å². The molecule has 20 heavy (non-hydrogen) atoms. The van der Waals surface area contributed by atoms with Crippen LogP contribution in [0.25, 0.3) is 0 Å². The molecule has 0 bridgehead atoms. The van der Waals surface area contributed by atoms with Gasteiger partial charge in [0.1, 0.15) is 0 Å². The van der Waals surface area contributed by atoms with Crippen LogP contribution in [-0.4, -0.2) is 25.5 Å². The normalized spacial score (nSPS) is 12.3. The topological polar surface area (TPSA) is 64.7 Å². The molecule has 1 N–H and O–H groups in total. The van der Waals surface area contributed by atoms with Crippen molar-refractivity contribution < 1.29 is 4.79 Å². The van der Waals surface area contributed by atoms with E-state index in [-0.39, 0.29) is 11.9 Å². The molecule has 0 saturated heterocycles. The number of carbonyl (C=O) groups is 1. The monoisotopic (exact) mass is 275 g/mol. The summed E-state index contributed by atoms with van der Waals surface area (Å²) in [5.74, 6) is 0.0108. The van der Waals surface area contributed by atoms with Gasteiger partial charge in [-0.2, -0.15) is 10.2 Å². The van der Waals surface area contributed by atoms with E-state index in [1.807, 2.05) is 43.9 Å². The Morgan fingerprint density at radius 1 is 1.45 bits per heavy atom. The van der Waals surface area contributed by atoms with Gasteiger partial charge in [-0.05, 0) is 32.4 Å². The minimum absolute atomic E-state index is 0.0108. The third-order valence-corrected chi connectivity index (χ3v) is 3.14. The quantitative estimate of drug-likeness (QED) is 0.872. The summed E-state index contributed by atoms with van der Waals surface area (Å²) < 4.78 is 3.63. The van der Waals surface area contributed by atoms with E-state index < -0.39 is 0 Å². The molecule has 6 nitrogen and oxygen atoms in total. The van der Waals surface area contributed by atoms with Gasteiger partial charge in [0.05, 0.1) is 17.9 Å². The summed E-state index contributed by atoms with van der Waals surface area (Å²) in [5, 5.41) is 11.5. The largest absolute Gasteiger partial charge is 0.348 e. The second kappa shape index (κ2) is 6.36. The molecule has 0 radical (unpaired) electrons. The minimum Gasteiger partial charge on any atom is -0.348 e. The molecule has 0 fully saturated rings. The molecule has 0 aliphatic heterocycles. The van der Waals surface area contributed by atoms with E-state index in [9.17, 15) is 4.79 Å². The van der Waals surface area contributed by atoms with Crippen LogP contribution in [0.3, 0.4) is 0 Å². The van der Waals surface area contributed by atoms with E-state index in [1.165, 1.54) is 0 Å². The number of carbonyl (C=O) groups excluding carboxylic acids is 1. The van der Waals surface area contributed by atoms with Crippen LogP contribution in [0, 0.1) is 6.92 Å². The van der Waals surface area contributed by atoms with Gasteiger partial charge in [-0.3, -0.25) is 14.2 Å². The maximum Gasteiger partial charge on any atom is 0.222 e. The Kier molecular flexibility index (Phi) is 4.55. The Morgan fingerprint density at radius 3 is 2.85 bits per heavy atom. The summed E-state index contributed by atoms with van der Waals surface area (Å²) in [6.45, 7) is 7.38. The van der Waals surface area contributed by atoms with E-state index in [0.717, 1.165) is 17.8 Å². The molecular weight excluding hydrogens is 254 g/mol. The first kappa shape index (κ1) is 14.3. The van der Waals surface area contributed by atoms with Gasteiger partial charge in [-0.25, -0.2) is 0 Å². The fourth-order valence-electron chi connectivity index (χ4n) is 1.98. The number of aromatic nitrogens is 4. The molecule has 1 unspecified atom stereocenters. The average molecular weight is 275 g/mol. The molecule has 0 aliphatic rings. The van der Waals surface area contributed by atoms with Crippen molar-refractivity contribution in [3.8, 4) is 0 Å². The zero-order chi connectivity index (χ0) is 14.5. The summed E-state index contributed by atoms with van der Waals surface area (Å²) >= 11 is 0. The molecule has 0 aromatic carbocycles. The van der Waals surface area contributed by atoms with Crippen LogP contribution in [-0.2, 0) is 17.9 Å². The van der Waals surface area contributed by atoms with Crippen molar-refractivity contribution >= 4 is 5.91 Å². The highest BCUT2D eigenvalue weighted by Gasteiger charge is 2.12. The standard InChI is InChI=1S/C14H21N5O/c1-4-18-7-5-13(17-18)12(3)16-14(20)6-8-19-10-11(2)9-15-19/h5,7,9-10,12H,4,6,8H2,1-3H3,(H,16,20). The predicted molar refractivity (Wildman–Crippen MR) is 76.0 cm³/mol. The number of nitrogens with zero attached hydrogens (tertiary/aromatic N) is 4. The van der Waals surface area contributed by atoms with Crippen LogP contribution >= 0.6 is 0 Å². The summed E-state index contributed by atoms with van der Waals surface area (Å²) in [6, 6.07) is 1.86. The van der Waals surface area contributed by atoms with Gasteiger partial charge in [-0.1, -0.05) is 0 Å². The molecule has 2 rings (SSSR count). The van der Waals surface area contributed by atoms with Gasteiger partial charge in [0.2, 0.25) is 5.91 Å². The first-order valence-electron chi connectivity index (χ1n) is 6.90. The van der Waals surface area contributed by atoms with Crippen molar-refractivity contribution in [1.29, 1.82) is 0 Å². The fraction of sp³-hybridized carbons (Fsp3) is 0.500. The molecule has 0 saturated carbocycles. The minimum atomic E-state index is -0.0744. The van der Waals surface area contributed by atoms with E-state index in [4.69, 9.17) is 0 Å². The maximum absolute atomic E-state index is 11.9. The number of hydrogen-bond donors (Lipinski definition) is 1. The van der Waals surface area contributed by atoms with Crippen LogP contribution < -0.4 is 5.32 Å². The molecule has 0 spiro atoms. The first-order chi connectivity index (χ1) is 9.58. The summed E-state index contributed by atoms with van der Waals surface area (Å²) in [6.07, 6.45) is 6.06. The number of aryl methyl sites for hydroxylation is 3. The lowest BCUT2D eigenvalue weighted by Crippen LogP contribution is -2.27. The lowest BCUT2D eigenvalue weighted by Gasteiger charge is -2.11. The second-order valence-corrected chi connectivity index (χ2v) is 4.92. The van der Waals surface area contributed by atoms with E-state index >= 15 is 0 Å². The zero-order valence-electron chi connectivity index (χ0n) is 12.2. The lowest BCUT2D eigenvalue weighted by atomic mass is 10.2. The Balaban J connectivity index is 1.81. The highest BCUT2D eigenvalue weighted by Crippen LogP contribution is 2.09. The van der Waals surface area contributed by atoms with Crippen molar-refractivity contribution in [1.82, 2.24) is 24.9 Å². The number of nitrogens with one attached hydrogen (secondary N) is 1. The second-order valence-electron chi connectivity index (χ2n) is 4.92. The van der Waals surface area contributed by atoms with Gasteiger partial charge in [0.15, 0.2) is 0 Å². The van der Waals surface area contributed by atoms with Gasteiger partial charge in [0.25, 0.3) is 0 Å². The van der Waals surface area contributed by atoms with Gasteiger partial charge in [-0.15, -0.1) is 0 Å². The number of hydrogen-bond acceptors (Lipinski definition) is 3. The highest BCUT2D eigenvalue weighted by atomic mass is 16.1. The Hall–Kier alpha value is -2.11. The Morgan fingerprint density at radius 2 is 2.25 bits per heavy atom. The van der Waals surface area contributed by atoms with Gasteiger partial charge < -0.3 is 5.32 Å². The zero-order valence-corrected chi connectivity index (χ0v) is 12.2. The third kappa shape index (κ3) is 3.69. The van der Waals surface area contributed by atoms with E-state index in [2.05, 4.69) is 15.5 Å². The number of amides is 1. The molecule has 2 aromatic heterocycles. The molecule has 2 aromatic rings. The van der Waals surface area contributed by atoms with E-state index in [0.29, 0.717) is 13.0 Å². The SMILES string of the molecule is CCn1ccc(C(C)NC(=O)CCn2cc(C)cn2)n1. The van der Waals surface area contributed by atoms with Crippen molar-refractivity contribution in [3.05, 3.63) is 35.9 Å². The van der Waals surface area contributed by atoms with Crippen molar-refractivity contribution in [3.63, 3.8) is 0 Å². The summed E-state index contributed by atoms with van der Waals surface area (Å²) in [4.78, 5) is 11.9. The van der Waals surface area contributed by atoms with Gasteiger partial charge in [0, 0.05) is 31.9 Å². The molecule has 0 aliphatic carbocycles. The van der Waals surface area contributed by atoms with Crippen molar-refractivity contribution in [2.45, 2.75) is 46.3 Å². The Bertz CT molecular complexity index is 572. The van der Waals surface area contributed by atoms with Crippen molar-refractivity contribution in [2.75, 3.05) is 0 Å². The predicted octanol–water partition coefficient (Wildman–Crippen LogP) is 1.68. The molecule has 6 heteroatoms. The average Bonchev–Trinajstić information content (AvgIpc) is 3.05. The third-order valence-electron chi connectivity index (χ3n) is 3.14. The summed E-state index contributed by atoms with van der Waals surface area (Å²) in [5.41, 5.74) is 1.99. The smallest absolute Gasteiger partial charge is 0.222 e. The Labute approximate surface area is 118 Å². The molecule has 1 amide bonds. The highest BCUT2D eigenvalue weighted by molar-refractivity contribution is 5.76.